The van der Waals surface area contributed by atoms with E-state index in [2.05, 4.69) is 17.4 Å². The highest BCUT2D eigenvalue weighted by molar-refractivity contribution is 5.88. The van der Waals surface area contributed by atoms with Gasteiger partial charge in [-0.05, 0) is 60.2 Å². The van der Waals surface area contributed by atoms with E-state index in [1.54, 1.807) is 20.5 Å². The number of hydrogen-bond donors (Lipinski definition) is 1. The molecule has 0 bridgehead atoms. The zero-order valence-corrected chi connectivity index (χ0v) is 15.6. The van der Waals surface area contributed by atoms with Crippen molar-refractivity contribution in [2.24, 2.45) is 0 Å². The highest BCUT2D eigenvalue weighted by Gasteiger charge is 2.16. The molecule has 1 heterocycles. The van der Waals surface area contributed by atoms with E-state index >= 15 is 0 Å². The van der Waals surface area contributed by atoms with Gasteiger partial charge in [-0.25, -0.2) is 0 Å². The van der Waals surface area contributed by atoms with Gasteiger partial charge in [0.05, 0.1) is 26.9 Å². The lowest BCUT2D eigenvalue weighted by atomic mass is 10.0. The van der Waals surface area contributed by atoms with Crippen LogP contribution in [0, 0.1) is 0 Å². The number of methoxy groups -OCH3 is 2. The summed E-state index contributed by atoms with van der Waals surface area (Å²) in [6, 6.07) is 9.94. The second-order valence-electron chi connectivity index (χ2n) is 6.87. The van der Waals surface area contributed by atoms with E-state index in [4.69, 9.17) is 13.9 Å². The van der Waals surface area contributed by atoms with Crippen LogP contribution in [0.3, 0.4) is 0 Å². The second-order valence-corrected chi connectivity index (χ2v) is 6.87. The average Bonchev–Trinajstić information content (AvgIpc) is 3.30. The third-order valence-corrected chi connectivity index (χ3v) is 5.16. The Kier molecular flexibility index (Phi) is 4.75. The maximum absolute atomic E-state index is 12.4. The first-order valence-corrected chi connectivity index (χ1v) is 9.17. The van der Waals surface area contributed by atoms with E-state index in [1.807, 2.05) is 18.2 Å². The molecule has 140 valence electrons. The SMILES string of the molecule is COc1ccc(CNC(=O)Cc2coc3cc4c(cc23)CCC4)cc1OC. The van der Waals surface area contributed by atoms with Crippen LogP contribution in [-0.4, -0.2) is 20.1 Å². The Bertz CT molecular complexity index is 989. The number of carbonyl (C=O) groups is 1. The minimum absolute atomic E-state index is 0.0343. The van der Waals surface area contributed by atoms with Crippen molar-refractivity contribution in [3.8, 4) is 11.5 Å². The summed E-state index contributed by atoms with van der Waals surface area (Å²) in [6.45, 7) is 0.435. The van der Waals surface area contributed by atoms with Crippen molar-refractivity contribution >= 4 is 16.9 Å². The van der Waals surface area contributed by atoms with Gasteiger partial charge in [-0.2, -0.15) is 0 Å². The number of fused-ring (bicyclic) bond motifs is 2. The van der Waals surface area contributed by atoms with Crippen LogP contribution in [0.5, 0.6) is 11.5 Å². The molecule has 1 amide bonds. The normalized spacial score (nSPS) is 12.8. The van der Waals surface area contributed by atoms with Crippen molar-refractivity contribution in [2.75, 3.05) is 14.2 Å². The molecule has 0 saturated carbocycles. The summed E-state index contributed by atoms with van der Waals surface area (Å²) in [4.78, 5) is 12.4. The molecule has 3 aromatic rings. The lowest BCUT2D eigenvalue weighted by Gasteiger charge is -2.10. The number of amides is 1. The van der Waals surface area contributed by atoms with Crippen LogP contribution >= 0.6 is 0 Å². The van der Waals surface area contributed by atoms with Gasteiger partial charge in [-0.3, -0.25) is 4.79 Å². The minimum Gasteiger partial charge on any atom is -0.493 e. The Morgan fingerprint density at radius 2 is 1.85 bits per heavy atom. The number of carbonyl (C=O) groups excluding carboxylic acids is 1. The van der Waals surface area contributed by atoms with Crippen LogP contribution in [0.1, 0.15) is 28.7 Å². The van der Waals surface area contributed by atoms with Crippen LogP contribution in [0.4, 0.5) is 0 Å². The predicted molar refractivity (Wildman–Crippen MR) is 103 cm³/mol. The molecule has 0 fully saturated rings. The van der Waals surface area contributed by atoms with E-state index in [9.17, 15) is 4.79 Å². The zero-order valence-electron chi connectivity index (χ0n) is 15.6. The summed E-state index contributed by atoms with van der Waals surface area (Å²) < 4.78 is 16.2. The van der Waals surface area contributed by atoms with Crippen molar-refractivity contribution in [1.29, 1.82) is 0 Å². The molecule has 0 unspecified atom stereocenters. The molecule has 27 heavy (non-hydrogen) atoms. The topological polar surface area (TPSA) is 60.7 Å². The predicted octanol–water partition coefficient (Wildman–Crippen LogP) is 3.80. The van der Waals surface area contributed by atoms with Crippen molar-refractivity contribution in [3.63, 3.8) is 0 Å². The molecule has 5 heteroatoms. The Hall–Kier alpha value is -2.95. The zero-order chi connectivity index (χ0) is 18.8. The van der Waals surface area contributed by atoms with Crippen LogP contribution in [-0.2, 0) is 30.6 Å². The largest absolute Gasteiger partial charge is 0.493 e. The molecule has 5 nitrogen and oxygen atoms in total. The number of furan rings is 1. The van der Waals surface area contributed by atoms with Gasteiger partial charge in [-0.1, -0.05) is 6.07 Å². The fourth-order valence-electron chi connectivity index (χ4n) is 3.71. The lowest BCUT2D eigenvalue weighted by Crippen LogP contribution is -2.24. The smallest absolute Gasteiger partial charge is 0.224 e. The molecule has 2 aromatic carbocycles. The number of nitrogens with one attached hydrogen (secondary N) is 1. The third kappa shape index (κ3) is 3.50. The fraction of sp³-hybridized carbons (Fsp3) is 0.318. The number of rotatable bonds is 6. The van der Waals surface area contributed by atoms with Gasteiger partial charge in [0.2, 0.25) is 5.91 Å². The molecule has 1 aliphatic rings. The van der Waals surface area contributed by atoms with Gasteiger partial charge in [-0.15, -0.1) is 0 Å². The summed E-state index contributed by atoms with van der Waals surface area (Å²) in [5, 5.41) is 4.02. The Labute approximate surface area is 158 Å². The monoisotopic (exact) mass is 365 g/mol. The van der Waals surface area contributed by atoms with Crippen molar-refractivity contribution in [2.45, 2.75) is 32.2 Å². The number of aryl methyl sites for hydroxylation is 2. The molecular weight excluding hydrogens is 342 g/mol. The Morgan fingerprint density at radius 3 is 2.63 bits per heavy atom. The van der Waals surface area contributed by atoms with Crippen LogP contribution in [0.25, 0.3) is 11.0 Å². The average molecular weight is 365 g/mol. The number of hydrogen-bond acceptors (Lipinski definition) is 4. The summed E-state index contributed by atoms with van der Waals surface area (Å²) in [7, 11) is 3.20. The number of ether oxygens (including phenoxy) is 2. The molecule has 0 spiro atoms. The van der Waals surface area contributed by atoms with Gasteiger partial charge >= 0.3 is 0 Å². The van der Waals surface area contributed by atoms with Gasteiger partial charge in [0.15, 0.2) is 11.5 Å². The quantitative estimate of drug-likeness (QED) is 0.722. The molecule has 1 aliphatic carbocycles. The first kappa shape index (κ1) is 17.5. The van der Waals surface area contributed by atoms with Gasteiger partial charge in [0.25, 0.3) is 0 Å². The van der Waals surface area contributed by atoms with Crippen LogP contribution in [0.2, 0.25) is 0 Å². The second kappa shape index (κ2) is 7.35. The fourth-order valence-corrected chi connectivity index (χ4v) is 3.71. The van der Waals surface area contributed by atoms with Crippen molar-refractivity contribution < 1.29 is 18.7 Å². The summed E-state index contributed by atoms with van der Waals surface area (Å²) in [5.41, 5.74) is 5.52. The van der Waals surface area contributed by atoms with E-state index in [0.29, 0.717) is 24.5 Å². The lowest BCUT2D eigenvalue weighted by molar-refractivity contribution is -0.120. The van der Waals surface area contributed by atoms with Gasteiger partial charge < -0.3 is 19.2 Å². The molecule has 0 radical (unpaired) electrons. The molecule has 4 rings (SSSR count). The standard InChI is InChI=1S/C22H23NO4/c1-25-19-7-6-14(8-21(19)26-2)12-23-22(24)11-17-13-27-20-10-16-5-3-4-15(16)9-18(17)20/h6-10,13H,3-5,11-12H2,1-2H3,(H,23,24). The molecular formula is C22H23NO4. The highest BCUT2D eigenvalue weighted by atomic mass is 16.5. The molecule has 1 aromatic heterocycles. The Morgan fingerprint density at radius 1 is 1.07 bits per heavy atom. The number of benzene rings is 2. The minimum atomic E-state index is -0.0343. The molecule has 0 saturated heterocycles. The van der Waals surface area contributed by atoms with E-state index in [0.717, 1.165) is 34.9 Å². The van der Waals surface area contributed by atoms with Crippen LogP contribution in [0.15, 0.2) is 41.0 Å². The summed E-state index contributed by atoms with van der Waals surface area (Å²) in [5.74, 6) is 1.29. The van der Waals surface area contributed by atoms with Gasteiger partial charge in [0, 0.05) is 17.5 Å². The molecule has 0 atom stereocenters. The first-order chi connectivity index (χ1) is 13.2. The Balaban J connectivity index is 1.43. The molecule has 1 N–H and O–H groups in total. The third-order valence-electron chi connectivity index (χ3n) is 5.16. The van der Waals surface area contributed by atoms with E-state index < -0.39 is 0 Å². The highest BCUT2D eigenvalue weighted by Crippen LogP contribution is 2.31. The van der Waals surface area contributed by atoms with E-state index in [-0.39, 0.29) is 5.91 Å². The summed E-state index contributed by atoms with van der Waals surface area (Å²) >= 11 is 0. The summed E-state index contributed by atoms with van der Waals surface area (Å²) in [6.07, 6.45) is 5.44. The molecule has 0 aliphatic heterocycles. The maximum Gasteiger partial charge on any atom is 0.224 e. The maximum atomic E-state index is 12.4. The van der Waals surface area contributed by atoms with Crippen molar-refractivity contribution in [1.82, 2.24) is 5.32 Å². The van der Waals surface area contributed by atoms with E-state index in [1.165, 1.54) is 17.5 Å². The first-order valence-electron chi connectivity index (χ1n) is 9.17. The van der Waals surface area contributed by atoms with Gasteiger partial charge in [0.1, 0.15) is 5.58 Å². The van der Waals surface area contributed by atoms with Crippen molar-refractivity contribution in [3.05, 3.63) is 58.8 Å². The van der Waals surface area contributed by atoms with Crippen LogP contribution < -0.4 is 14.8 Å².